The number of benzene rings is 2. The Balaban J connectivity index is 1.75. The fourth-order valence-corrected chi connectivity index (χ4v) is 4.71. The van der Waals surface area contributed by atoms with Gasteiger partial charge in [0.05, 0.1) is 35.6 Å². The maximum Gasteiger partial charge on any atom is 0.184 e. The molecule has 2 N–H and O–H groups in total. The van der Waals surface area contributed by atoms with E-state index in [9.17, 15) is 12.8 Å². The van der Waals surface area contributed by atoms with E-state index in [0.29, 0.717) is 42.8 Å². The molecule has 1 saturated heterocycles. The molecule has 7 nitrogen and oxygen atoms in total. The second-order valence-electron chi connectivity index (χ2n) is 7.49. The van der Waals surface area contributed by atoms with Crippen LogP contribution in [-0.4, -0.2) is 44.2 Å². The Morgan fingerprint density at radius 2 is 1.84 bits per heavy atom. The number of aromatic nitrogens is 2. The Hall–Kier alpha value is -3.04. The summed E-state index contributed by atoms with van der Waals surface area (Å²) in [7, 11) is -3.72. The molecule has 31 heavy (non-hydrogen) atoms. The highest BCUT2D eigenvalue weighted by Crippen LogP contribution is 2.26. The Morgan fingerprint density at radius 1 is 1.13 bits per heavy atom. The maximum atomic E-state index is 13.2. The topological polar surface area (TPSA) is 98.4 Å². The number of hydrogen-bond acceptors (Lipinski definition) is 7. The molecule has 4 rings (SSSR count). The van der Waals surface area contributed by atoms with Crippen molar-refractivity contribution < 1.29 is 17.5 Å². The number of nitrogens with zero attached hydrogens (tertiary/aromatic N) is 3. The molecule has 2 aromatic carbocycles. The number of halogens is 1. The first kappa shape index (κ1) is 21.2. The van der Waals surface area contributed by atoms with Gasteiger partial charge in [0.2, 0.25) is 0 Å². The smallest absolute Gasteiger partial charge is 0.184 e. The molecule has 1 atom stereocenters. The number of nitrogen functional groups attached to an aromatic ring is 1. The van der Waals surface area contributed by atoms with Crippen LogP contribution in [0.3, 0.4) is 0 Å². The number of morpholine rings is 1. The van der Waals surface area contributed by atoms with E-state index in [2.05, 4.69) is 9.88 Å². The zero-order valence-electron chi connectivity index (χ0n) is 17.0. The molecule has 1 aliphatic heterocycles. The minimum absolute atomic E-state index is 0.0443. The van der Waals surface area contributed by atoms with Crippen molar-refractivity contribution in [1.82, 2.24) is 9.97 Å². The highest BCUT2D eigenvalue weighted by Gasteiger charge is 2.24. The second kappa shape index (κ2) is 8.60. The van der Waals surface area contributed by atoms with E-state index in [1.165, 1.54) is 12.1 Å². The van der Waals surface area contributed by atoms with Crippen LogP contribution in [0.1, 0.15) is 12.6 Å². The minimum atomic E-state index is -3.72. The molecule has 0 radical (unpaired) electrons. The first-order chi connectivity index (χ1) is 14.8. The van der Waals surface area contributed by atoms with E-state index in [0.717, 1.165) is 17.7 Å². The van der Waals surface area contributed by atoms with Crippen LogP contribution < -0.4 is 10.6 Å². The van der Waals surface area contributed by atoms with E-state index in [1.807, 2.05) is 6.92 Å². The van der Waals surface area contributed by atoms with Gasteiger partial charge >= 0.3 is 0 Å². The van der Waals surface area contributed by atoms with E-state index >= 15 is 0 Å². The van der Waals surface area contributed by atoms with Gasteiger partial charge in [-0.05, 0) is 55.5 Å². The molecule has 0 amide bonds. The summed E-state index contributed by atoms with van der Waals surface area (Å²) in [5, 5.41) is 0. The van der Waals surface area contributed by atoms with Crippen LogP contribution in [0.15, 0.2) is 59.5 Å². The van der Waals surface area contributed by atoms with Crippen molar-refractivity contribution in [2.24, 2.45) is 0 Å². The van der Waals surface area contributed by atoms with Gasteiger partial charge in [0.1, 0.15) is 11.6 Å². The van der Waals surface area contributed by atoms with Crippen LogP contribution in [-0.2, 0) is 20.3 Å². The molecular formula is C22H23FN4O3S. The summed E-state index contributed by atoms with van der Waals surface area (Å²) in [5.41, 5.74) is 7.50. The lowest BCUT2D eigenvalue weighted by molar-refractivity contribution is 0.0985. The third-order valence-electron chi connectivity index (χ3n) is 5.11. The number of nitrogens with two attached hydrogens (primary N) is 1. The van der Waals surface area contributed by atoms with Gasteiger partial charge in [0, 0.05) is 23.9 Å². The highest BCUT2D eigenvalue weighted by atomic mass is 32.2. The van der Waals surface area contributed by atoms with Gasteiger partial charge in [0.25, 0.3) is 0 Å². The Morgan fingerprint density at radius 3 is 2.52 bits per heavy atom. The molecule has 2 heterocycles. The fraction of sp³-hybridized carbons (Fsp3) is 0.273. The van der Waals surface area contributed by atoms with Gasteiger partial charge in [-0.15, -0.1) is 0 Å². The number of sulfone groups is 1. The molecule has 0 saturated carbocycles. The van der Waals surface area contributed by atoms with Gasteiger partial charge in [-0.2, -0.15) is 0 Å². The minimum Gasteiger partial charge on any atom is -0.399 e. The van der Waals surface area contributed by atoms with Crippen molar-refractivity contribution in [3.05, 3.63) is 66.1 Å². The lowest BCUT2D eigenvalue weighted by atomic mass is 10.2. The number of ether oxygens (including phenoxy) is 1. The number of hydrogen-bond donors (Lipinski definition) is 1. The van der Waals surface area contributed by atoms with Crippen molar-refractivity contribution in [1.29, 1.82) is 0 Å². The van der Waals surface area contributed by atoms with E-state index < -0.39 is 15.7 Å². The van der Waals surface area contributed by atoms with Crippen molar-refractivity contribution in [3.63, 3.8) is 0 Å². The van der Waals surface area contributed by atoms with Crippen LogP contribution in [0.4, 0.5) is 15.9 Å². The summed E-state index contributed by atoms with van der Waals surface area (Å²) in [4.78, 5) is 11.3. The lowest BCUT2D eigenvalue weighted by Gasteiger charge is -2.34. The average Bonchev–Trinajstić information content (AvgIpc) is 2.74. The van der Waals surface area contributed by atoms with Crippen LogP contribution >= 0.6 is 0 Å². The standard InChI is InChI=1S/C22H23FN4O3S/c1-15-13-30-11-10-27(15)21-12-19(14-31(28,29)20-8-4-17(23)5-9-20)25-22(26-21)16-2-6-18(24)7-3-16/h2-9,12,15H,10-11,13-14,24H2,1H3/t15-/m0/s1. The molecule has 3 aromatic rings. The molecule has 9 heteroatoms. The molecule has 0 aliphatic carbocycles. The fourth-order valence-electron chi connectivity index (χ4n) is 3.45. The van der Waals surface area contributed by atoms with E-state index in [1.54, 1.807) is 30.3 Å². The first-order valence-electron chi connectivity index (χ1n) is 9.88. The van der Waals surface area contributed by atoms with Crippen LogP contribution in [0, 0.1) is 5.82 Å². The summed E-state index contributed by atoms with van der Waals surface area (Å²) >= 11 is 0. The van der Waals surface area contributed by atoms with Crippen molar-refractivity contribution in [2.75, 3.05) is 30.4 Å². The lowest BCUT2D eigenvalue weighted by Crippen LogP contribution is -2.44. The molecule has 0 spiro atoms. The second-order valence-corrected chi connectivity index (χ2v) is 9.48. The number of anilines is 2. The first-order valence-corrected chi connectivity index (χ1v) is 11.5. The van der Waals surface area contributed by atoms with Crippen LogP contribution in [0.5, 0.6) is 0 Å². The van der Waals surface area contributed by atoms with E-state index in [-0.39, 0.29) is 16.7 Å². The zero-order valence-corrected chi connectivity index (χ0v) is 17.8. The average molecular weight is 443 g/mol. The van der Waals surface area contributed by atoms with Crippen molar-refractivity contribution in [3.8, 4) is 11.4 Å². The molecule has 0 unspecified atom stereocenters. The summed E-state index contributed by atoms with van der Waals surface area (Å²) in [6.45, 7) is 3.79. The van der Waals surface area contributed by atoms with Crippen LogP contribution in [0.25, 0.3) is 11.4 Å². The molecule has 0 bridgehead atoms. The third kappa shape index (κ3) is 4.83. The van der Waals surface area contributed by atoms with Gasteiger partial charge in [-0.25, -0.2) is 22.8 Å². The molecule has 1 aromatic heterocycles. The summed E-state index contributed by atoms with van der Waals surface area (Å²) < 4.78 is 44.6. The monoisotopic (exact) mass is 442 g/mol. The molecule has 1 aliphatic rings. The maximum absolute atomic E-state index is 13.2. The largest absolute Gasteiger partial charge is 0.399 e. The van der Waals surface area contributed by atoms with E-state index in [4.69, 9.17) is 15.5 Å². The predicted octanol–water partition coefficient (Wildman–Crippen LogP) is 3.06. The predicted molar refractivity (Wildman–Crippen MR) is 117 cm³/mol. The highest BCUT2D eigenvalue weighted by molar-refractivity contribution is 7.90. The van der Waals surface area contributed by atoms with Crippen molar-refractivity contribution in [2.45, 2.75) is 23.6 Å². The van der Waals surface area contributed by atoms with Crippen molar-refractivity contribution >= 4 is 21.3 Å². The Kier molecular flexibility index (Phi) is 5.88. The van der Waals surface area contributed by atoms with Gasteiger partial charge in [-0.1, -0.05) is 0 Å². The summed E-state index contributed by atoms with van der Waals surface area (Å²) in [5.74, 6) is 0.243. The molecule has 1 fully saturated rings. The van der Waals surface area contributed by atoms with Gasteiger partial charge < -0.3 is 15.4 Å². The summed E-state index contributed by atoms with van der Waals surface area (Å²) in [6, 6.07) is 13.7. The Bertz CT molecular complexity index is 1170. The normalized spacial score (nSPS) is 17.0. The van der Waals surface area contributed by atoms with Gasteiger partial charge in [-0.3, -0.25) is 0 Å². The van der Waals surface area contributed by atoms with Crippen LogP contribution in [0.2, 0.25) is 0 Å². The quantitative estimate of drug-likeness (QED) is 0.479. The third-order valence-corrected chi connectivity index (χ3v) is 6.77. The molecular weight excluding hydrogens is 419 g/mol. The van der Waals surface area contributed by atoms with Gasteiger partial charge in [0.15, 0.2) is 15.7 Å². The Labute approximate surface area is 180 Å². The summed E-state index contributed by atoms with van der Waals surface area (Å²) in [6.07, 6.45) is 0. The SMILES string of the molecule is C[C@H]1COCCN1c1cc(CS(=O)(=O)c2ccc(F)cc2)nc(-c2ccc(N)cc2)n1. The zero-order chi connectivity index (χ0) is 22.0. The number of rotatable bonds is 5. The molecule has 162 valence electrons.